The number of rotatable bonds is 6. The van der Waals surface area contributed by atoms with Gasteiger partial charge >= 0.3 is 0 Å². The van der Waals surface area contributed by atoms with Crippen LogP contribution in [-0.4, -0.2) is 50.0 Å². The van der Waals surface area contributed by atoms with Crippen LogP contribution in [0, 0.1) is 11.8 Å². The number of amides is 1. The van der Waals surface area contributed by atoms with Gasteiger partial charge in [-0.05, 0) is 30.9 Å². The molecule has 0 aliphatic carbocycles. The number of nitrogens with one attached hydrogen (secondary N) is 1. The van der Waals surface area contributed by atoms with E-state index in [9.17, 15) is 4.79 Å². The molecular weight excluding hydrogens is 330 g/mol. The summed E-state index contributed by atoms with van der Waals surface area (Å²) in [6, 6.07) is 10.4. The van der Waals surface area contributed by atoms with Gasteiger partial charge in [-0.3, -0.25) is 14.4 Å². The van der Waals surface area contributed by atoms with Crippen LogP contribution in [0.5, 0.6) is 0 Å². The van der Waals surface area contributed by atoms with Gasteiger partial charge < -0.3 is 10.4 Å². The van der Waals surface area contributed by atoms with Crippen LogP contribution in [-0.2, 0) is 24.5 Å². The number of aliphatic hydroxyl groups excluding tert-OH is 1. The molecule has 1 amide bonds. The van der Waals surface area contributed by atoms with E-state index in [1.165, 1.54) is 0 Å². The third-order valence-electron chi connectivity index (χ3n) is 5.67. The van der Waals surface area contributed by atoms with E-state index in [0.29, 0.717) is 24.2 Å². The van der Waals surface area contributed by atoms with Crippen LogP contribution in [0.15, 0.2) is 36.5 Å². The monoisotopic (exact) mass is 355 g/mol. The first-order chi connectivity index (χ1) is 12.7. The number of hydrogen-bond donors (Lipinski definition) is 2. The number of piperidine rings is 3. The van der Waals surface area contributed by atoms with Crippen molar-refractivity contribution in [3.05, 3.63) is 47.8 Å². The van der Waals surface area contributed by atoms with Crippen molar-refractivity contribution in [3.63, 3.8) is 0 Å². The van der Waals surface area contributed by atoms with Gasteiger partial charge in [-0.25, -0.2) is 0 Å². The quantitative estimate of drug-likeness (QED) is 0.801. The van der Waals surface area contributed by atoms with Gasteiger partial charge in [0.25, 0.3) is 0 Å². The zero-order valence-electron chi connectivity index (χ0n) is 14.8. The Morgan fingerprint density at radius 1 is 1.31 bits per heavy atom. The van der Waals surface area contributed by atoms with E-state index in [2.05, 4.69) is 20.5 Å². The number of fused-ring (bicyclic) bond motifs is 3. The van der Waals surface area contributed by atoms with Gasteiger partial charge in [-0.2, -0.15) is 0 Å². The van der Waals surface area contributed by atoms with Crippen LogP contribution in [0.4, 0.5) is 0 Å². The average molecular weight is 355 g/mol. The van der Waals surface area contributed by atoms with Crippen molar-refractivity contribution in [2.45, 2.75) is 38.6 Å². The normalized spacial score (nSPS) is 27.4. The summed E-state index contributed by atoms with van der Waals surface area (Å²) in [5, 5.41) is 20.2. The van der Waals surface area contributed by atoms with Gasteiger partial charge in [0, 0.05) is 19.1 Å². The first-order valence-corrected chi connectivity index (χ1v) is 9.28. The van der Waals surface area contributed by atoms with Gasteiger partial charge in [-0.1, -0.05) is 35.5 Å². The van der Waals surface area contributed by atoms with Crippen molar-refractivity contribution in [2.24, 2.45) is 11.8 Å². The molecule has 0 spiro atoms. The lowest BCUT2D eigenvalue weighted by molar-refractivity contribution is -0.133. The van der Waals surface area contributed by atoms with Crippen LogP contribution in [0.25, 0.3) is 0 Å². The Balaban J connectivity index is 1.33. The molecule has 3 saturated heterocycles. The maximum Gasteiger partial charge on any atom is 0.224 e. The summed E-state index contributed by atoms with van der Waals surface area (Å²) in [5.74, 6) is 0.680. The number of aliphatic hydroxyl groups is 1. The predicted molar refractivity (Wildman–Crippen MR) is 95.8 cm³/mol. The highest BCUT2D eigenvalue weighted by molar-refractivity contribution is 5.79. The lowest BCUT2D eigenvalue weighted by atomic mass is 9.75. The van der Waals surface area contributed by atoms with Crippen LogP contribution < -0.4 is 5.32 Å². The third-order valence-corrected chi connectivity index (χ3v) is 5.67. The lowest BCUT2D eigenvalue weighted by Gasteiger charge is -2.49. The molecule has 138 valence electrons. The van der Waals surface area contributed by atoms with Crippen LogP contribution in [0.3, 0.4) is 0 Å². The first kappa shape index (κ1) is 17.2. The summed E-state index contributed by atoms with van der Waals surface area (Å²) in [7, 11) is 0. The molecule has 3 aliphatic rings. The highest BCUT2D eigenvalue weighted by Crippen LogP contribution is 2.36. The molecule has 2 N–H and O–H groups in total. The van der Waals surface area contributed by atoms with Crippen LogP contribution in [0.1, 0.15) is 24.1 Å². The molecule has 2 aromatic rings. The molecule has 3 aliphatic heterocycles. The van der Waals surface area contributed by atoms with Gasteiger partial charge in [-0.15, -0.1) is 5.10 Å². The van der Waals surface area contributed by atoms with Gasteiger partial charge in [0.1, 0.15) is 5.69 Å². The molecule has 3 fully saturated rings. The van der Waals surface area contributed by atoms with Crippen molar-refractivity contribution in [2.75, 3.05) is 13.1 Å². The number of nitrogens with zero attached hydrogens (tertiary/aromatic N) is 4. The molecule has 4 atom stereocenters. The highest BCUT2D eigenvalue weighted by atomic mass is 16.3. The third kappa shape index (κ3) is 3.64. The van der Waals surface area contributed by atoms with E-state index >= 15 is 0 Å². The minimum atomic E-state index is -0.0827. The summed E-state index contributed by atoms with van der Waals surface area (Å²) >= 11 is 0. The molecule has 26 heavy (non-hydrogen) atoms. The maximum atomic E-state index is 12.7. The molecule has 0 radical (unpaired) electrons. The first-order valence-electron chi connectivity index (χ1n) is 9.28. The second kappa shape index (κ2) is 7.55. The topological polar surface area (TPSA) is 83.3 Å². The Hall–Kier alpha value is -2.25. The van der Waals surface area contributed by atoms with Crippen molar-refractivity contribution < 1.29 is 9.90 Å². The fourth-order valence-electron chi connectivity index (χ4n) is 4.26. The second-order valence-electron chi connectivity index (χ2n) is 7.33. The van der Waals surface area contributed by atoms with E-state index < -0.39 is 0 Å². The van der Waals surface area contributed by atoms with Gasteiger partial charge in [0.15, 0.2) is 0 Å². The highest BCUT2D eigenvalue weighted by Gasteiger charge is 2.43. The van der Waals surface area contributed by atoms with Crippen molar-refractivity contribution >= 4 is 5.91 Å². The zero-order valence-corrected chi connectivity index (χ0v) is 14.8. The fraction of sp³-hybridized carbons (Fsp3) is 0.526. The minimum absolute atomic E-state index is 0.0764. The number of carbonyl (C=O) groups is 1. The van der Waals surface area contributed by atoms with Crippen molar-refractivity contribution in [3.8, 4) is 0 Å². The Bertz CT molecular complexity index is 747. The molecule has 4 heterocycles. The van der Waals surface area contributed by atoms with Crippen molar-refractivity contribution in [1.82, 2.24) is 25.2 Å². The smallest absolute Gasteiger partial charge is 0.224 e. The number of carbonyl (C=O) groups excluding carboxylic acids is 1. The molecule has 5 rings (SSSR count). The number of benzene rings is 1. The van der Waals surface area contributed by atoms with E-state index in [-0.39, 0.29) is 18.4 Å². The minimum Gasteiger partial charge on any atom is -0.390 e. The Labute approximate surface area is 153 Å². The molecular formula is C19H25N5O2. The van der Waals surface area contributed by atoms with E-state index in [0.717, 1.165) is 38.0 Å². The Morgan fingerprint density at radius 3 is 2.85 bits per heavy atom. The van der Waals surface area contributed by atoms with Crippen LogP contribution in [0.2, 0.25) is 0 Å². The average Bonchev–Trinajstić information content (AvgIpc) is 3.15. The second-order valence-corrected chi connectivity index (χ2v) is 7.33. The zero-order chi connectivity index (χ0) is 17.9. The van der Waals surface area contributed by atoms with Gasteiger partial charge in [0.05, 0.1) is 25.3 Å². The molecule has 2 bridgehead atoms. The SMILES string of the molecule is O=C(NCc1ccccc1)[C@@H]1CN2CC[C@H]1C[C@@H]2Cn1cc(CO)nn1. The predicted octanol–water partition coefficient (Wildman–Crippen LogP) is 0.797. The molecule has 7 nitrogen and oxygen atoms in total. The molecule has 0 saturated carbocycles. The number of aromatic nitrogens is 3. The molecule has 7 heteroatoms. The Kier molecular flexibility index (Phi) is 4.99. The van der Waals surface area contributed by atoms with Crippen LogP contribution >= 0.6 is 0 Å². The van der Waals surface area contributed by atoms with Gasteiger partial charge in [0.2, 0.25) is 5.91 Å². The van der Waals surface area contributed by atoms with E-state index in [1.54, 1.807) is 10.9 Å². The van der Waals surface area contributed by atoms with E-state index in [4.69, 9.17) is 5.11 Å². The molecule has 1 unspecified atom stereocenters. The molecule has 1 aromatic heterocycles. The fourth-order valence-corrected chi connectivity index (χ4v) is 4.26. The maximum absolute atomic E-state index is 12.7. The standard InChI is InChI=1S/C19H25N5O2/c25-13-16-10-24(22-21-16)11-17-8-15-6-7-23(17)12-18(15)19(26)20-9-14-4-2-1-3-5-14/h1-5,10,15,17-18,25H,6-9,11-13H2,(H,20,26)/t15-,17+,18+/m0/s1. The number of hydrogen-bond acceptors (Lipinski definition) is 5. The van der Waals surface area contributed by atoms with Crippen molar-refractivity contribution in [1.29, 1.82) is 0 Å². The lowest BCUT2D eigenvalue weighted by Crippen LogP contribution is -2.58. The summed E-state index contributed by atoms with van der Waals surface area (Å²) in [6.07, 6.45) is 3.89. The van der Waals surface area contributed by atoms with E-state index in [1.807, 2.05) is 30.3 Å². The summed E-state index contributed by atoms with van der Waals surface area (Å²) in [6.45, 7) is 3.13. The summed E-state index contributed by atoms with van der Waals surface area (Å²) < 4.78 is 1.81. The Morgan fingerprint density at radius 2 is 2.15 bits per heavy atom. The largest absolute Gasteiger partial charge is 0.390 e. The summed E-state index contributed by atoms with van der Waals surface area (Å²) in [5.41, 5.74) is 1.73. The summed E-state index contributed by atoms with van der Waals surface area (Å²) in [4.78, 5) is 15.1. The molecule has 1 aromatic carbocycles.